The minimum Gasteiger partial charge on any atom is -0.485 e. The maximum atomic E-state index is 14.4. The quantitative estimate of drug-likeness (QED) is 0.470. The molecule has 4 aromatic rings. The Balaban J connectivity index is 1.85. The molecule has 3 heterocycles. The number of ether oxygens (including phenoxy) is 1. The minimum atomic E-state index is -4.29. The van der Waals surface area contributed by atoms with Crippen molar-refractivity contribution in [3.63, 3.8) is 0 Å². The fraction of sp³-hybridized carbons (Fsp3) is 0.143. The van der Waals surface area contributed by atoms with E-state index in [0.29, 0.717) is 16.6 Å². The summed E-state index contributed by atoms with van der Waals surface area (Å²) >= 11 is 0. The van der Waals surface area contributed by atoms with Crippen LogP contribution in [0.15, 0.2) is 66.1 Å². The van der Waals surface area contributed by atoms with E-state index in [0.717, 1.165) is 16.1 Å². The van der Waals surface area contributed by atoms with Crippen LogP contribution in [0.3, 0.4) is 0 Å². The van der Waals surface area contributed by atoms with Gasteiger partial charge in [-0.1, -0.05) is 6.07 Å². The van der Waals surface area contributed by atoms with Crippen LogP contribution in [0, 0.1) is 11.6 Å². The van der Waals surface area contributed by atoms with Gasteiger partial charge in [0.2, 0.25) is 0 Å². The Morgan fingerprint density at radius 2 is 1.80 bits per heavy atom. The van der Waals surface area contributed by atoms with E-state index >= 15 is 0 Å². The average molecular weight is 429 g/mol. The summed E-state index contributed by atoms with van der Waals surface area (Å²) in [6.45, 7) is 3.23. The van der Waals surface area contributed by atoms with E-state index in [2.05, 4.69) is 9.97 Å². The monoisotopic (exact) mass is 429 g/mol. The molecular weight excluding hydrogens is 412 g/mol. The smallest absolute Gasteiger partial charge is 0.268 e. The number of pyridine rings is 2. The van der Waals surface area contributed by atoms with Crippen LogP contribution in [0.1, 0.15) is 13.8 Å². The maximum absolute atomic E-state index is 14.4. The maximum Gasteiger partial charge on any atom is 0.268 e. The Morgan fingerprint density at radius 3 is 2.43 bits per heavy atom. The molecule has 30 heavy (non-hydrogen) atoms. The van der Waals surface area contributed by atoms with Gasteiger partial charge < -0.3 is 4.74 Å². The first kappa shape index (κ1) is 20.0. The zero-order valence-electron chi connectivity index (χ0n) is 16.1. The predicted octanol–water partition coefficient (Wildman–Crippen LogP) is 4.40. The second-order valence-corrected chi connectivity index (χ2v) is 8.65. The lowest BCUT2D eigenvalue weighted by atomic mass is 10.1. The van der Waals surface area contributed by atoms with Gasteiger partial charge in [-0.15, -0.1) is 0 Å². The van der Waals surface area contributed by atoms with Crippen molar-refractivity contribution in [1.29, 1.82) is 0 Å². The van der Waals surface area contributed by atoms with Crippen molar-refractivity contribution in [3.05, 3.63) is 72.8 Å². The van der Waals surface area contributed by atoms with E-state index in [4.69, 9.17) is 4.74 Å². The van der Waals surface area contributed by atoms with E-state index < -0.39 is 38.4 Å². The first-order chi connectivity index (χ1) is 14.3. The summed E-state index contributed by atoms with van der Waals surface area (Å²) in [7, 11) is -4.29. The molecule has 0 spiro atoms. The third kappa shape index (κ3) is 3.41. The molecule has 0 saturated carbocycles. The van der Waals surface area contributed by atoms with E-state index in [-0.39, 0.29) is 5.52 Å². The molecule has 0 atom stereocenters. The van der Waals surface area contributed by atoms with Crippen LogP contribution < -0.4 is 4.74 Å². The van der Waals surface area contributed by atoms with Crippen LogP contribution in [0.2, 0.25) is 0 Å². The lowest BCUT2D eigenvalue weighted by Crippen LogP contribution is -2.14. The van der Waals surface area contributed by atoms with E-state index in [1.165, 1.54) is 12.4 Å². The first-order valence-electron chi connectivity index (χ1n) is 9.07. The van der Waals surface area contributed by atoms with Gasteiger partial charge in [0.25, 0.3) is 10.0 Å². The highest BCUT2D eigenvalue weighted by Gasteiger charge is 2.25. The zero-order valence-corrected chi connectivity index (χ0v) is 16.9. The lowest BCUT2D eigenvalue weighted by Gasteiger charge is -2.13. The van der Waals surface area contributed by atoms with Crippen LogP contribution in [0.25, 0.3) is 22.2 Å². The summed E-state index contributed by atoms with van der Waals surface area (Å²) in [5.41, 5.74) is 1.53. The van der Waals surface area contributed by atoms with Gasteiger partial charge in [0.1, 0.15) is 0 Å². The van der Waals surface area contributed by atoms with Crippen LogP contribution in [0.5, 0.6) is 5.75 Å². The van der Waals surface area contributed by atoms with Gasteiger partial charge in [-0.25, -0.2) is 21.2 Å². The van der Waals surface area contributed by atoms with E-state index in [1.54, 1.807) is 50.5 Å². The molecule has 0 aliphatic heterocycles. The number of halogens is 2. The normalized spacial score (nSPS) is 11.9. The second-order valence-electron chi connectivity index (χ2n) is 6.83. The number of aromatic nitrogens is 3. The van der Waals surface area contributed by atoms with Crippen molar-refractivity contribution >= 4 is 20.9 Å². The molecule has 0 aliphatic rings. The SMILES string of the molecule is CC(C)Oc1c(F)cc(S(=O)(=O)n2ccc3c(-c4ccccn4)cncc32)cc1F. The highest BCUT2D eigenvalue weighted by molar-refractivity contribution is 7.90. The third-order valence-corrected chi connectivity index (χ3v) is 6.07. The first-order valence-corrected chi connectivity index (χ1v) is 10.5. The van der Waals surface area contributed by atoms with Crippen molar-refractivity contribution in [2.75, 3.05) is 0 Å². The van der Waals surface area contributed by atoms with Gasteiger partial charge in [0, 0.05) is 29.5 Å². The summed E-state index contributed by atoms with van der Waals surface area (Å²) in [5.74, 6) is -2.79. The highest BCUT2D eigenvalue weighted by atomic mass is 32.2. The number of nitrogens with zero attached hydrogens (tertiary/aromatic N) is 3. The molecular formula is C21H17F2N3O3S. The van der Waals surface area contributed by atoms with Crippen LogP contribution >= 0.6 is 0 Å². The molecule has 0 unspecified atom stereocenters. The van der Waals surface area contributed by atoms with Crippen molar-refractivity contribution in [2.24, 2.45) is 0 Å². The molecule has 0 saturated heterocycles. The Morgan fingerprint density at radius 1 is 1.07 bits per heavy atom. The van der Waals surface area contributed by atoms with Crippen molar-refractivity contribution in [1.82, 2.24) is 13.9 Å². The van der Waals surface area contributed by atoms with Crippen molar-refractivity contribution < 1.29 is 21.9 Å². The number of fused-ring (bicyclic) bond motifs is 1. The highest BCUT2D eigenvalue weighted by Crippen LogP contribution is 2.31. The molecule has 0 amide bonds. The van der Waals surface area contributed by atoms with Crippen LogP contribution in [0.4, 0.5) is 8.78 Å². The lowest BCUT2D eigenvalue weighted by molar-refractivity contribution is 0.219. The number of hydrogen-bond acceptors (Lipinski definition) is 5. The molecule has 9 heteroatoms. The molecule has 0 bridgehead atoms. The average Bonchev–Trinajstić information content (AvgIpc) is 3.16. The molecule has 3 aromatic heterocycles. The van der Waals surface area contributed by atoms with E-state index in [9.17, 15) is 17.2 Å². The molecule has 1 aromatic carbocycles. The number of hydrogen-bond donors (Lipinski definition) is 0. The Labute approximate surface area is 171 Å². The molecule has 0 fully saturated rings. The molecule has 0 N–H and O–H groups in total. The van der Waals surface area contributed by atoms with Crippen molar-refractivity contribution in [2.45, 2.75) is 24.8 Å². The van der Waals surface area contributed by atoms with Gasteiger partial charge in [-0.3, -0.25) is 9.97 Å². The summed E-state index contributed by atoms with van der Waals surface area (Å²) in [5, 5.41) is 0.591. The fourth-order valence-corrected chi connectivity index (χ4v) is 4.47. The molecule has 0 aliphatic carbocycles. The Kier molecular flexibility index (Phi) is 4.98. The van der Waals surface area contributed by atoms with Gasteiger partial charge in [-0.2, -0.15) is 0 Å². The zero-order chi connectivity index (χ0) is 21.5. The Hall–Kier alpha value is -3.33. The minimum absolute atomic E-state index is 0.265. The number of benzene rings is 1. The summed E-state index contributed by atoms with van der Waals surface area (Å²) in [6, 6.07) is 8.45. The molecule has 4 rings (SSSR count). The Bertz CT molecular complexity index is 1310. The van der Waals surface area contributed by atoms with Crippen LogP contribution in [-0.2, 0) is 10.0 Å². The molecule has 154 valence electrons. The van der Waals surface area contributed by atoms with Gasteiger partial charge in [0.05, 0.1) is 28.4 Å². The number of rotatable bonds is 5. The fourth-order valence-electron chi connectivity index (χ4n) is 3.12. The van der Waals surface area contributed by atoms with Crippen molar-refractivity contribution in [3.8, 4) is 17.0 Å². The van der Waals surface area contributed by atoms with Gasteiger partial charge in [0.15, 0.2) is 17.4 Å². The summed E-state index contributed by atoms with van der Waals surface area (Å²) in [6.07, 6.45) is 5.43. The summed E-state index contributed by atoms with van der Waals surface area (Å²) in [4.78, 5) is 7.86. The standard InChI is InChI=1S/C21H17F2N3O3S/c1-13(2)29-21-17(22)9-14(10-18(21)23)30(27,28)26-8-6-15-16(11-24-12-20(15)26)19-5-3-4-7-25-19/h3-13H,1-2H3. The third-order valence-electron chi connectivity index (χ3n) is 4.40. The summed E-state index contributed by atoms with van der Waals surface area (Å²) < 4.78 is 61.1. The van der Waals surface area contributed by atoms with Gasteiger partial charge >= 0.3 is 0 Å². The van der Waals surface area contributed by atoms with Crippen LogP contribution in [-0.4, -0.2) is 28.5 Å². The van der Waals surface area contributed by atoms with E-state index in [1.807, 2.05) is 0 Å². The molecule has 0 radical (unpaired) electrons. The second kappa shape index (κ2) is 7.49. The van der Waals surface area contributed by atoms with Gasteiger partial charge in [-0.05, 0) is 44.2 Å². The largest absolute Gasteiger partial charge is 0.485 e. The molecule has 6 nitrogen and oxygen atoms in total. The topological polar surface area (TPSA) is 74.1 Å². The predicted molar refractivity (Wildman–Crippen MR) is 108 cm³/mol.